The van der Waals surface area contributed by atoms with Crippen LogP contribution in [0.15, 0.2) is 85.5 Å². The third-order valence-corrected chi connectivity index (χ3v) is 9.60. The molecule has 2 atom stereocenters. The van der Waals surface area contributed by atoms with Crippen LogP contribution in [-0.4, -0.2) is 119 Å². The van der Waals surface area contributed by atoms with Crippen LogP contribution in [0.2, 0.25) is 0 Å². The summed E-state index contributed by atoms with van der Waals surface area (Å²) in [5.41, 5.74) is 6.33. The van der Waals surface area contributed by atoms with E-state index in [-0.39, 0.29) is 31.7 Å². The molecule has 0 unspecified atom stereocenters. The first-order valence-electron chi connectivity index (χ1n) is 17.6. The van der Waals surface area contributed by atoms with E-state index in [0.29, 0.717) is 57.4 Å². The van der Waals surface area contributed by atoms with Crippen LogP contribution in [0.1, 0.15) is 52.4 Å². The SMILES string of the molecule is C.CN1CC[C@@](O)(C#Cc2cccc(-n3nc(C(N)=O)c4cnccc43)c2)C1=O.COC(=O)c1nn(-c2cccc(C#C[C@]3(O)CCN(C)C3=O)c2)c2ccncc12. The number of carbonyl (C=O) groups is 4. The van der Waals surface area contributed by atoms with E-state index in [1.165, 1.54) is 16.9 Å². The van der Waals surface area contributed by atoms with Gasteiger partial charge in [0.25, 0.3) is 17.7 Å². The molecule has 294 valence electrons. The zero-order valence-electron chi connectivity index (χ0n) is 31.0. The second-order valence-electron chi connectivity index (χ2n) is 13.4. The summed E-state index contributed by atoms with van der Waals surface area (Å²) in [6, 6.07) is 17.8. The summed E-state index contributed by atoms with van der Waals surface area (Å²) in [6.45, 7) is 0.931. The van der Waals surface area contributed by atoms with Gasteiger partial charge in [0.05, 0.1) is 40.3 Å². The molecule has 6 aromatic rings. The van der Waals surface area contributed by atoms with Crippen molar-refractivity contribution in [1.29, 1.82) is 0 Å². The fourth-order valence-electron chi connectivity index (χ4n) is 6.47. The normalized spacial score (nSPS) is 18.4. The van der Waals surface area contributed by atoms with Gasteiger partial charge in [-0.2, -0.15) is 10.2 Å². The minimum Gasteiger partial charge on any atom is -0.464 e. The number of nitrogens with two attached hydrogens (primary N) is 1. The van der Waals surface area contributed by atoms with E-state index in [4.69, 9.17) is 10.5 Å². The first kappa shape index (κ1) is 40.3. The molecule has 0 bridgehead atoms. The number of likely N-dealkylation sites (N-methyl/N-ethyl adjacent to an activating group) is 2. The van der Waals surface area contributed by atoms with Gasteiger partial charge in [-0.1, -0.05) is 43.2 Å². The van der Waals surface area contributed by atoms with Crippen LogP contribution in [0.4, 0.5) is 0 Å². The molecule has 4 aromatic heterocycles. The Morgan fingerprint density at radius 1 is 0.741 bits per heavy atom. The molecule has 8 rings (SSSR count). The summed E-state index contributed by atoms with van der Waals surface area (Å²) >= 11 is 0. The number of aliphatic hydroxyl groups is 2. The first-order valence-corrected chi connectivity index (χ1v) is 17.6. The molecule has 2 aliphatic heterocycles. The van der Waals surface area contributed by atoms with E-state index >= 15 is 0 Å². The monoisotopic (exact) mass is 781 g/mol. The largest absolute Gasteiger partial charge is 0.464 e. The minimum absolute atomic E-state index is 0. The number of hydrogen-bond donors (Lipinski definition) is 3. The lowest BCUT2D eigenvalue weighted by molar-refractivity contribution is -0.138. The van der Waals surface area contributed by atoms with Crippen LogP contribution < -0.4 is 5.73 Å². The van der Waals surface area contributed by atoms with Crippen molar-refractivity contribution >= 4 is 45.5 Å². The lowest BCUT2D eigenvalue weighted by Crippen LogP contribution is -2.37. The van der Waals surface area contributed by atoms with Crippen molar-refractivity contribution in [2.75, 3.05) is 34.3 Å². The summed E-state index contributed by atoms with van der Waals surface area (Å²) in [6.07, 6.45) is 6.87. The molecule has 0 spiro atoms. The molecule has 58 heavy (non-hydrogen) atoms. The van der Waals surface area contributed by atoms with Crippen LogP contribution in [-0.2, 0) is 14.3 Å². The maximum absolute atomic E-state index is 12.1. The van der Waals surface area contributed by atoms with Gasteiger partial charge >= 0.3 is 5.97 Å². The predicted molar refractivity (Wildman–Crippen MR) is 212 cm³/mol. The number of aromatic nitrogens is 6. The van der Waals surface area contributed by atoms with Crippen molar-refractivity contribution in [3.05, 3.63) is 108 Å². The van der Waals surface area contributed by atoms with Crippen molar-refractivity contribution < 1.29 is 34.1 Å². The van der Waals surface area contributed by atoms with Gasteiger partial charge in [-0.25, -0.2) is 14.2 Å². The van der Waals surface area contributed by atoms with Crippen LogP contribution in [0, 0.1) is 23.7 Å². The van der Waals surface area contributed by atoms with E-state index in [2.05, 4.69) is 43.8 Å². The number of methoxy groups -OCH3 is 1. The minimum atomic E-state index is -1.66. The van der Waals surface area contributed by atoms with Crippen LogP contribution >= 0.6 is 0 Å². The molecule has 16 heteroatoms. The number of esters is 1. The van der Waals surface area contributed by atoms with Crippen LogP contribution in [0.25, 0.3) is 33.2 Å². The van der Waals surface area contributed by atoms with Crippen molar-refractivity contribution in [3.8, 4) is 35.1 Å². The number of hydrogen-bond acceptors (Lipinski definition) is 11. The Bertz CT molecular complexity index is 2740. The maximum atomic E-state index is 12.1. The zero-order valence-corrected chi connectivity index (χ0v) is 31.0. The maximum Gasteiger partial charge on any atom is 0.359 e. The van der Waals surface area contributed by atoms with E-state index in [1.54, 1.807) is 96.8 Å². The lowest BCUT2D eigenvalue weighted by Gasteiger charge is -2.13. The van der Waals surface area contributed by atoms with Crippen LogP contribution in [0.5, 0.6) is 0 Å². The topological polar surface area (TPSA) is 212 Å². The van der Waals surface area contributed by atoms with Gasteiger partial charge in [-0.05, 0) is 48.5 Å². The van der Waals surface area contributed by atoms with E-state index in [0.717, 1.165) is 0 Å². The molecular formula is C42H39N9O7. The fourth-order valence-corrected chi connectivity index (χ4v) is 6.47. The smallest absolute Gasteiger partial charge is 0.359 e. The van der Waals surface area contributed by atoms with Gasteiger partial charge < -0.3 is 30.5 Å². The van der Waals surface area contributed by atoms with Gasteiger partial charge in [0.2, 0.25) is 11.2 Å². The summed E-state index contributed by atoms with van der Waals surface area (Å²) in [5, 5.41) is 30.7. The first-order chi connectivity index (χ1) is 27.3. The Labute approximate surface area is 332 Å². The molecule has 0 radical (unpaired) electrons. The van der Waals surface area contributed by atoms with Crippen molar-refractivity contribution in [2.24, 2.45) is 5.73 Å². The fraction of sp³-hybridized carbons (Fsp3) is 0.238. The Balaban J connectivity index is 0.000000192. The number of amides is 3. The van der Waals surface area contributed by atoms with Gasteiger partial charge in [-0.3, -0.25) is 24.4 Å². The standard InChI is InChI=1S/C21H18N4O4.C20H17N5O3.CH4/c1-24-11-9-21(28,20(24)27)8-6-14-4-3-5-15(12-14)25-17-7-10-22-13-16(17)18(23-25)19(26)29-2;1-24-10-8-20(28,19(24)27)7-5-13-3-2-4-14(11-13)25-16-6-9-22-12-15(16)17(23-25)18(21)26;/h3-5,7,10,12-13,28H,9,11H2,1-2H3;2-4,6,9,11-12,28H,8,10H2,1H3,(H2,21,26);1H4/t21-;20-;/m00./s1. The van der Waals surface area contributed by atoms with Gasteiger partial charge in [0.15, 0.2) is 11.4 Å². The van der Waals surface area contributed by atoms with Gasteiger partial charge in [-0.15, -0.1) is 0 Å². The predicted octanol–water partition coefficient (Wildman–Crippen LogP) is 2.25. The third-order valence-electron chi connectivity index (χ3n) is 9.60. The zero-order chi connectivity index (χ0) is 40.5. The highest BCUT2D eigenvalue weighted by Crippen LogP contribution is 2.25. The highest BCUT2D eigenvalue weighted by molar-refractivity contribution is 6.04. The number of carbonyl (C=O) groups excluding carboxylic acids is 4. The quantitative estimate of drug-likeness (QED) is 0.174. The number of benzene rings is 2. The van der Waals surface area contributed by atoms with E-state index in [1.807, 2.05) is 12.1 Å². The van der Waals surface area contributed by atoms with Crippen molar-refractivity contribution in [2.45, 2.75) is 31.5 Å². The highest BCUT2D eigenvalue weighted by atomic mass is 16.5. The molecule has 0 aliphatic carbocycles. The van der Waals surface area contributed by atoms with Crippen LogP contribution in [0.3, 0.4) is 0 Å². The third kappa shape index (κ3) is 7.57. The molecule has 0 saturated carbocycles. The number of pyridine rings is 2. The molecule has 2 saturated heterocycles. The number of rotatable bonds is 4. The molecule has 2 aromatic carbocycles. The summed E-state index contributed by atoms with van der Waals surface area (Å²) in [5.74, 6) is 9.17. The summed E-state index contributed by atoms with van der Waals surface area (Å²) < 4.78 is 8.01. The second-order valence-corrected chi connectivity index (χ2v) is 13.4. The average Bonchev–Trinajstić information content (AvgIpc) is 3.96. The Morgan fingerprint density at radius 2 is 1.19 bits per heavy atom. The molecule has 2 fully saturated rings. The summed E-state index contributed by atoms with van der Waals surface area (Å²) in [4.78, 5) is 58.9. The lowest BCUT2D eigenvalue weighted by atomic mass is 10.0. The molecular weight excluding hydrogens is 743 g/mol. The molecule has 16 nitrogen and oxygen atoms in total. The Morgan fingerprint density at radius 3 is 1.60 bits per heavy atom. The number of nitrogens with zero attached hydrogens (tertiary/aromatic N) is 8. The number of fused-ring (bicyclic) bond motifs is 2. The Kier molecular flexibility index (Phi) is 11.1. The Hall–Kier alpha value is -7.40. The molecule has 4 N–H and O–H groups in total. The van der Waals surface area contributed by atoms with E-state index in [9.17, 15) is 29.4 Å². The number of likely N-dealkylation sites (tertiary alicyclic amines) is 2. The van der Waals surface area contributed by atoms with Gasteiger partial charge in [0, 0.05) is 75.9 Å². The average molecular weight is 782 g/mol. The molecule has 3 amide bonds. The van der Waals surface area contributed by atoms with Crippen molar-refractivity contribution in [1.82, 2.24) is 39.3 Å². The van der Waals surface area contributed by atoms with Gasteiger partial charge in [0.1, 0.15) is 0 Å². The molecule has 6 heterocycles. The highest BCUT2D eigenvalue weighted by Gasteiger charge is 2.43. The van der Waals surface area contributed by atoms with Crippen molar-refractivity contribution in [3.63, 3.8) is 0 Å². The summed E-state index contributed by atoms with van der Waals surface area (Å²) in [7, 11) is 4.57. The number of ether oxygens (including phenoxy) is 1. The molecule has 2 aliphatic rings. The number of primary amides is 1. The van der Waals surface area contributed by atoms with E-state index < -0.39 is 34.9 Å². The second kappa shape index (κ2) is 16.0.